The smallest absolute Gasteiger partial charge is 0.281 e. The summed E-state index contributed by atoms with van der Waals surface area (Å²) in [6.45, 7) is 3.10. The number of aldehydes is 1. The van der Waals surface area contributed by atoms with Crippen LogP contribution in [0.4, 0.5) is 0 Å². The Morgan fingerprint density at radius 1 is 0.786 bits per heavy atom. The lowest BCUT2D eigenvalue weighted by atomic mass is 10.0. The number of hydrogen-bond donors (Lipinski definition) is 10. The molecule has 12 N–H and O–H groups in total. The van der Waals surface area contributed by atoms with Crippen LogP contribution in [0.3, 0.4) is 0 Å². The van der Waals surface area contributed by atoms with Gasteiger partial charge in [-0.15, -0.1) is 0 Å². The van der Waals surface area contributed by atoms with Gasteiger partial charge >= 0.3 is 0 Å². The van der Waals surface area contributed by atoms with Gasteiger partial charge in [-0.25, -0.2) is 0 Å². The van der Waals surface area contributed by atoms with E-state index in [0.717, 1.165) is 19.4 Å². The summed E-state index contributed by atoms with van der Waals surface area (Å²) >= 11 is 0. The Bertz CT molecular complexity index is 1370. The number of quaternary nitrogens is 1. The number of aliphatic hydroxyl groups excluding tert-OH is 2. The van der Waals surface area contributed by atoms with Crippen LogP contribution in [0, 0.1) is 0 Å². The number of likely N-dealkylation sites (tertiary alicyclic amines) is 2. The molecule has 2 saturated heterocycles. The summed E-state index contributed by atoms with van der Waals surface area (Å²) in [4.78, 5) is 105. The molecule has 20 heteroatoms. The van der Waals surface area contributed by atoms with Crippen LogP contribution < -0.4 is 43.4 Å². The molecule has 0 spiro atoms. The normalized spacial score (nSPS) is 20.7. The molecule has 0 aromatic heterocycles. The lowest BCUT2D eigenvalue weighted by molar-refractivity contribution is -0.893. The van der Waals surface area contributed by atoms with Crippen molar-refractivity contribution in [2.24, 2.45) is 11.5 Å². The first-order valence-corrected chi connectivity index (χ1v) is 19.6. The third-order valence-electron chi connectivity index (χ3n) is 10.2. The Morgan fingerprint density at radius 3 is 1.93 bits per heavy atom. The zero-order valence-corrected chi connectivity index (χ0v) is 33.2. The maximum Gasteiger partial charge on any atom is 0.281 e. The van der Waals surface area contributed by atoms with Crippen molar-refractivity contribution in [1.82, 2.24) is 36.8 Å². The number of nitrogens with zero attached hydrogens (tertiary/aromatic N) is 2. The van der Waals surface area contributed by atoms with Gasteiger partial charge in [-0.2, -0.15) is 0 Å². The summed E-state index contributed by atoms with van der Waals surface area (Å²) in [7, 11) is 3.99. The maximum absolute atomic E-state index is 13.6. The SMILES string of the molecule is C[C@@H](C=O)NC(=O)[C@H](CCCCN)NC(=O)CNC(=O)[C@H](CO)NC(=O)[C@@H](NC(=O)[C@H](CCCCN)NC(=O)[C@@H]1CCCN1C(=O)[C@@H]1CCC[N+]1(C)C)[C@@H](C)O. The molecule has 56 heavy (non-hydrogen) atoms. The Labute approximate surface area is 328 Å². The first kappa shape index (κ1) is 47.9. The molecule has 0 bridgehead atoms. The van der Waals surface area contributed by atoms with E-state index < -0.39 is 90.9 Å². The van der Waals surface area contributed by atoms with Gasteiger partial charge in [0.1, 0.15) is 36.5 Å². The lowest BCUT2D eigenvalue weighted by Crippen LogP contribution is -2.61. The highest BCUT2D eigenvalue weighted by atomic mass is 16.3. The Kier molecular flexibility index (Phi) is 20.3. The molecular formula is C36H65N10O10+. The molecule has 2 aliphatic rings. The first-order chi connectivity index (χ1) is 26.5. The van der Waals surface area contributed by atoms with E-state index in [-0.39, 0.29) is 24.8 Å². The molecule has 0 saturated carbocycles. The van der Waals surface area contributed by atoms with Gasteiger partial charge in [-0.3, -0.25) is 33.6 Å². The standard InChI is InChI=1S/C36H64N10O10/c1-22(20-47)40-32(52)24(11-5-7-15-37)41-29(50)19-39-31(51)26(21-48)43-35(55)30(23(2)49)44-33(53)25(12-6-8-16-38)42-34(54)27-13-9-17-45(27)36(56)28-14-10-18-46(28,3)4/h20,22-28,30,48-49H,5-19,21,37-38H2,1-4H3,(H5-,39,40,41,42,43,44,50,51,52,53,54,55)/p+1/t22-,23+,24-,25-,26-,27-,28-,30-/m0/s1. The molecule has 0 unspecified atom stereocenters. The number of carbonyl (C=O) groups excluding carboxylic acids is 8. The van der Waals surface area contributed by atoms with Crippen LogP contribution in [-0.4, -0.2) is 169 Å². The molecule has 0 aliphatic carbocycles. The molecule has 20 nitrogen and oxygen atoms in total. The largest absolute Gasteiger partial charge is 0.394 e. The Balaban J connectivity index is 2.07. The molecule has 2 fully saturated rings. The van der Waals surface area contributed by atoms with Crippen molar-refractivity contribution in [2.75, 3.05) is 53.4 Å². The lowest BCUT2D eigenvalue weighted by Gasteiger charge is -2.35. The van der Waals surface area contributed by atoms with Gasteiger partial charge in [0.25, 0.3) is 5.91 Å². The fourth-order valence-electron chi connectivity index (χ4n) is 6.92. The number of amides is 7. The van der Waals surface area contributed by atoms with Crippen molar-refractivity contribution < 1.29 is 53.1 Å². The van der Waals surface area contributed by atoms with Crippen molar-refractivity contribution >= 4 is 47.6 Å². The number of hydrogen-bond acceptors (Lipinski definition) is 12. The van der Waals surface area contributed by atoms with Crippen molar-refractivity contribution in [2.45, 2.75) is 126 Å². The minimum Gasteiger partial charge on any atom is -0.394 e. The Hall–Kier alpha value is -4.24. The van der Waals surface area contributed by atoms with E-state index in [1.807, 2.05) is 14.1 Å². The fraction of sp³-hybridized carbons (Fsp3) is 0.778. The summed E-state index contributed by atoms with van der Waals surface area (Å²) in [5.41, 5.74) is 11.2. The molecular weight excluding hydrogens is 732 g/mol. The van der Waals surface area contributed by atoms with Crippen LogP contribution >= 0.6 is 0 Å². The van der Waals surface area contributed by atoms with Gasteiger partial charge in [0.05, 0.1) is 45.9 Å². The zero-order valence-electron chi connectivity index (χ0n) is 33.2. The quantitative estimate of drug-likeness (QED) is 0.0252. The Morgan fingerprint density at radius 2 is 1.39 bits per heavy atom. The number of aliphatic hydroxyl groups is 2. The zero-order chi connectivity index (χ0) is 42.0. The van der Waals surface area contributed by atoms with Gasteiger partial charge < -0.3 is 67.8 Å². The van der Waals surface area contributed by atoms with E-state index in [9.17, 15) is 48.6 Å². The number of nitrogens with two attached hydrogens (primary N) is 2. The summed E-state index contributed by atoms with van der Waals surface area (Å²) in [6.07, 6.45) is 4.11. The molecule has 8 atom stereocenters. The maximum atomic E-state index is 13.6. The number of rotatable bonds is 24. The second kappa shape index (κ2) is 23.7. The molecule has 2 heterocycles. The van der Waals surface area contributed by atoms with E-state index in [4.69, 9.17) is 11.5 Å². The number of unbranched alkanes of at least 4 members (excludes halogenated alkanes) is 2. The van der Waals surface area contributed by atoms with Crippen LogP contribution in [0.25, 0.3) is 0 Å². The molecule has 0 aromatic rings. The van der Waals surface area contributed by atoms with Crippen molar-refractivity contribution in [3.63, 3.8) is 0 Å². The third-order valence-corrected chi connectivity index (χ3v) is 10.2. The molecule has 2 rings (SSSR count). The van der Waals surface area contributed by atoms with Gasteiger partial charge in [-0.05, 0) is 78.3 Å². The highest BCUT2D eigenvalue weighted by Crippen LogP contribution is 2.28. The minimum absolute atomic E-state index is 0.0982. The average molecular weight is 798 g/mol. The van der Waals surface area contributed by atoms with E-state index in [0.29, 0.717) is 68.9 Å². The van der Waals surface area contributed by atoms with Crippen molar-refractivity contribution in [3.05, 3.63) is 0 Å². The van der Waals surface area contributed by atoms with Crippen molar-refractivity contribution in [3.8, 4) is 0 Å². The van der Waals surface area contributed by atoms with E-state index in [1.165, 1.54) is 13.8 Å². The minimum atomic E-state index is -1.63. The van der Waals surface area contributed by atoms with E-state index in [2.05, 4.69) is 31.9 Å². The van der Waals surface area contributed by atoms with Crippen LogP contribution in [0.2, 0.25) is 0 Å². The van der Waals surface area contributed by atoms with E-state index in [1.54, 1.807) is 4.90 Å². The molecule has 7 amide bonds. The second-order valence-electron chi connectivity index (χ2n) is 15.2. The highest BCUT2D eigenvalue weighted by molar-refractivity contribution is 5.97. The second-order valence-corrected chi connectivity index (χ2v) is 15.2. The van der Waals surface area contributed by atoms with Crippen LogP contribution in [0.15, 0.2) is 0 Å². The topological polar surface area (TPSA) is 304 Å². The van der Waals surface area contributed by atoms with Gasteiger partial charge in [0.2, 0.25) is 35.4 Å². The van der Waals surface area contributed by atoms with Crippen LogP contribution in [0.1, 0.15) is 78.1 Å². The number of likely N-dealkylation sites (N-methyl/N-ethyl adjacent to an activating group) is 1. The predicted octanol–water partition coefficient (Wildman–Crippen LogP) is -4.39. The summed E-state index contributed by atoms with van der Waals surface area (Å²) < 4.78 is 0.533. The van der Waals surface area contributed by atoms with Crippen molar-refractivity contribution in [1.29, 1.82) is 0 Å². The third kappa shape index (κ3) is 14.7. The molecule has 2 aliphatic heterocycles. The summed E-state index contributed by atoms with van der Waals surface area (Å²) in [5, 5.41) is 35.1. The first-order valence-electron chi connectivity index (χ1n) is 19.6. The number of carbonyl (C=O) groups is 8. The predicted molar refractivity (Wildman–Crippen MR) is 204 cm³/mol. The highest BCUT2D eigenvalue weighted by Gasteiger charge is 2.46. The monoisotopic (exact) mass is 797 g/mol. The van der Waals surface area contributed by atoms with Crippen LogP contribution in [-0.2, 0) is 38.4 Å². The van der Waals surface area contributed by atoms with Gasteiger partial charge in [0.15, 0.2) is 6.04 Å². The van der Waals surface area contributed by atoms with Crippen LogP contribution in [0.5, 0.6) is 0 Å². The van der Waals surface area contributed by atoms with Gasteiger partial charge in [-0.1, -0.05) is 0 Å². The molecule has 0 radical (unpaired) electrons. The summed E-state index contributed by atoms with van der Waals surface area (Å²) in [6, 6.07) is -7.26. The van der Waals surface area contributed by atoms with E-state index >= 15 is 0 Å². The molecule has 318 valence electrons. The summed E-state index contributed by atoms with van der Waals surface area (Å²) in [5.74, 6) is -4.79. The molecule has 0 aromatic carbocycles. The van der Waals surface area contributed by atoms with Gasteiger partial charge in [0, 0.05) is 19.4 Å². The fourth-order valence-corrected chi connectivity index (χ4v) is 6.92. The number of nitrogens with one attached hydrogen (secondary N) is 6. The average Bonchev–Trinajstić information content (AvgIpc) is 3.79.